The van der Waals surface area contributed by atoms with E-state index in [1.54, 1.807) is 24.7 Å². The standard InChI is InChI=1S/C15H16F3N5O2/c1-8-11-4-10(5-19-13(11)22(2)21-8)20-14(25)9-3-12(24)23(6-9)7-15(16,17)18/h4-5,9H,3,6-7H2,1-2H3,(H,20,25). The lowest BCUT2D eigenvalue weighted by atomic mass is 10.1. The average molecular weight is 355 g/mol. The van der Waals surface area contributed by atoms with E-state index in [0.717, 1.165) is 11.1 Å². The van der Waals surface area contributed by atoms with E-state index in [1.807, 2.05) is 0 Å². The third kappa shape index (κ3) is 3.57. The van der Waals surface area contributed by atoms with Crippen molar-refractivity contribution in [3.05, 3.63) is 18.0 Å². The van der Waals surface area contributed by atoms with E-state index >= 15 is 0 Å². The molecule has 134 valence electrons. The number of anilines is 1. The molecule has 3 rings (SSSR count). The fourth-order valence-electron chi connectivity index (χ4n) is 2.94. The summed E-state index contributed by atoms with van der Waals surface area (Å²) in [6, 6.07) is 1.70. The zero-order valence-electron chi connectivity index (χ0n) is 13.6. The van der Waals surface area contributed by atoms with Crippen LogP contribution in [0.15, 0.2) is 12.3 Å². The zero-order valence-corrected chi connectivity index (χ0v) is 13.6. The number of halogens is 3. The molecule has 1 unspecified atom stereocenters. The lowest BCUT2D eigenvalue weighted by molar-refractivity contribution is -0.157. The molecule has 0 aromatic carbocycles. The molecule has 0 radical (unpaired) electrons. The predicted octanol–water partition coefficient (Wildman–Crippen LogP) is 1.63. The van der Waals surface area contributed by atoms with Crippen LogP contribution in [0.5, 0.6) is 0 Å². The van der Waals surface area contributed by atoms with Gasteiger partial charge in [0, 0.05) is 25.4 Å². The number of nitrogens with zero attached hydrogens (tertiary/aromatic N) is 4. The summed E-state index contributed by atoms with van der Waals surface area (Å²) in [5.74, 6) is -1.99. The molecule has 2 amide bonds. The van der Waals surface area contributed by atoms with Crippen LogP contribution < -0.4 is 5.32 Å². The minimum Gasteiger partial charge on any atom is -0.333 e. The molecule has 7 nitrogen and oxygen atoms in total. The van der Waals surface area contributed by atoms with E-state index in [4.69, 9.17) is 0 Å². The van der Waals surface area contributed by atoms with Gasteiger partial charge in [0.05, 0.1) is 23.5 Å². The largest absolute Gasteiger partial charge is 0.406 e. The van der Waals surface area contributed by atoms with Crippen LogP contribution in [0.25, 0.3) is 11.0 Å². The Bertz CT molecular complexity index is 846. The molecule has 0 saturated carbocycles. The third-order valence-electron chi connectivity index (χ3n) is 4.09. The van der Waals surface area contributed by atoms with Gasteiger partial charge in [0.25, 0.3) is 0 Å². The van der Waals surface area contributed by atoms with Gasteiger partial charge in [0.15, 0.2) is 5.65 Å². The van der Waals surface area contributed by atoms with Crippen LogP contribution >= 0.6 is 0 Å². The highest BCUT2D eigenvalue weighted by Crippen LogP contribution is 2.25. The normalized spacial score (nSPS) is 18.2. The first-order chi connectivity index (χ1) is 11.6. The number of hydrogen-bond acceptors (Lipinski definition) is 4. The number of alkyl halides is 3. The Hall–Kier alpha value is -2.65. The number of hydrogen-bond donors (Lipinski definition) is 1. The predicted molar refractivity (Wildman–Crippen MR) is 82.6 cm³/mol. The van der Waals surface area contributed by atoms with E-state index in [0.29, 0.717) is 16.2 Å². The molecule has 2 aromatic heterocycles. The SMILES string of the molecule is Cc1nn(C)c2ncc(NC(=O)C3CC(=O)N(CC(F)(F)F)C3)cc12. The molecule has 10 heteroatoms. The lowest BCUT2D eigenvalue weighted by Gasteiger charge is -2.18. The molecule has 1 N–H and O–H groups in total. The van der Waals surface area contributed by atoms with Gasteiger partial charge in [0.2, 0.25) is 11.8 Å². The van der Waals surface area contributed by atoms with Crippen molar-refractivity contribution in [3.63, 3.8) is 0 Å². The first-order valence-corrected chi connectivity index (χ1v) is 7.59. The highest BCUT2D eigenvalue weighted by Gasteiger charge is 2.40. The Kier molecular flexibility index (Phi) is 4.13. The molecule has 1 atom stereocenters. The number of aromatic nitrogens is 3. The van der Waals surface area contributed by atoms with Crippen LogP contribution in [0, 0.1) is 12.8 Å². The van der Waals surface area contributed by atoms with Gasteiger partial charge in [-0.3, -0.25) is 14.3 Å². The van der Waals surface area contributed by atoms with Gasteiger partial charge >= 0.3 is 6.18 Å². The molecular weight excluding hydrogens is 339 g/mol. The second-order valence-electron chi connectivity index (χ2n) is 6.08. The quantitative estimate of drug-likeness (QED) is 0.907. The number of fused-ring (bicyclic) bond motifs is 1. The van der Waals surface area contributed by atoms with Crippen LogP contribution in [0.3, 0.4) is 0 Å². The van der Waals surface area contributed by atoms with Crippen molar-refractivity contribution in [3.8, 4) is 0 Å². The van der Waals surface area contributed by atoms with Gasteiger partial charge in [0.1, 0.15) is 6.54 Å². The van der Waals surface area contributed by atoms with Crippen molar-refractivity contribution in [1.82, 2.24) is 19.7 Å². The van der Waals surface area contributed by atoms with Gasteiger partial charge in [-0.1, -0.05) is 0 Å². The van der Waals surface area contributed by atoms with Gasteiger partial charge in [-0.25, -0.2) is 4.98 Å². The third-order valence-corrected chi connectivity index (χ3v) is 4.09. The number of carbonyl (C=O) groups excluding carboxylic acids is 2. The number of carbonyl (C=O) groups is 2. The first-order valence-electron chi connectivity index (χ1n) is 7.59. The minimum atomic E-state index is -4.48. The van der Waals surface area contributed by atoms with Gasteiger partial charge < -0.3 is 10.2 Å². The summed E-state index contributed by atoms with van der Waals surface area (Å²) in [4.78, 5) is 28.8. The van der Waals surface area contributed by atoms with Crippen molar-refractivity contribution in [2.75, 3.05) is 18.4 Å². The highest BCUT2D eigenvalue weighted by atomic mass is 19.4. The molecule has 0 bridgehead atoms. The van der Waals surface area contributed by atoms with Gasteiger partial charge in [-0.15, -0.1) is 0 Å². The van der Waals surface area contributed by atoms with E-state index in [2.05, 4.69) is 15.4 Å². The van der Waals surface area contributed by atoms with Crippen LogP contribution in [0.1, 0.15) is 12.1 Å². The second-order valence-corrected chi connectivity index (χ2v) is 6.08. The monoisotopic (exact) mass is 355 g/mol. The summed E-state index contributed by atoms with van der Waals surface area (Å²) in [5, 5.41) is 7.61. The lowest BCUT2D eigenvalue weighted by Crippen LogP contribution is -2.36. The molecule has 2 aromatic rings. The van der Waals surface area contributed by atoms with Crippen LogP contribution in [0.4, 0.5) is 18.9 Å². The van der Waals surface area contributed by atoms with E-state index in [-0.39, 0.29) is 13.0 Å². The number of aryl methyl sites for hydroxylation is 2. The minimum absolute atomic E-state index is 0.233. The van der Waals surface area contributed by atoms with Crippen LogP contribution in [-0.4, -0.2) is 50.7 Å². The molecular formula is C15H16F3N5O2. The van der Waals surface area contributed by atoms with Gasteiger partial charge in [-0.05, 0) is 13.0 Å². The number of likely N-dealkylation sites (tertiary alicyclic amines) is 1. The smallest absolute Gasteiger partial charge is 0.333 e. The average Bonchev–Trinajstić information content (AvgIpc) is 2.99. The van der Waals surface area contributed by atoms with Crippen molar-refractivity contribution in [1.29, 1.82) is 0 Å². The summed E-state index contributed by atoms with van der Waals surface area (Å²) < 4.78 is 38.9. The number of nitrogens with one attached hydrogen (secondary N) is 1. The topological polar surface area (TPSA) is 80.1 Å². The summed E-state index contributed by atoms with van der Waals surface area (Å²) in [6.07, 6.45) is -3.26. The Morgan fingerprint density at radius 2 is 2.16 bits per heavy atom. The summed E-state index contributed by atoms with van der Waals surface area (Å²) in [7, 11) is 1.75. The number of amides is 2. The fourth-order valence-corrected chi connectivity index (χ4v) is 2.94. The second kappa shape index (κ2) is 6.01. The Morgan fingerprint density at radius 1 is 1.44 bits per heavy atom. The molecule has 3 heterocycles. The number of rotatable bonds is 3. The van der Waals surface area contributed by atoms with Crippen LogP contribution in [-0.2, 0) is 16.6 Å². The van der Waals surface area contributed by atoms with Crippen molar-refractivity contribution >= 4 is 28.5 Å². The first kappa shape index (κ1) is 17.2. The molecule has 1 aliphatic rings. The Balaban J connectivity index is 1.70. The Morgan fingerprint density at radius 3 is 2.84 bits per heavy atom. The van der Waals surface area contributed by atoms with Crippen molar-refractivity contribution < 1.29 is 22.8 Å². The van der Waals surface area contributed by atoms with E-state index < -0.39 is 30.5 Å². The van der Waals surface area contributed by atoms with Crippen molar-refractivity contribution in [2.24, 2.45) is 13.0 Å². The summed E-state index contributed by atoms with van der Waals surface area (Å²) in [6.45, 7) is 0.226. The number of pyridine rings is 1. The maximum Gasteiger partial charge on any atom is 0.406 e. The van der Waals surface area contributed by atoms with Gasteiger partial charge in [-0.2, -0.15) is 18.3 Å². The summed E-state index contributed by atoms with van der Waals surface area (Å²) >= 11 is 0. The van der Waals surface area contributed by atoms with Crippen LogP contribution in [0.2, 0.25) is 0 Å². The molecule has 1 saturated heterocycles. The summed E-state index contributed by atoms with van der Waals surface area (Å²) in [5.41, 5.74) is 1.81. The molecule has 1 aliphatic heterocycles. The maximum absolute atomic E-state index is 12.4. The molecule has 1 fully saturated rings. The van der Waals surface area contributed by atoms with E-state index in [1.165, 1.54) is 6.20 Å². The fraction of sp³-hybridized carbons (Fsp3) is 0.467. The zero-order chi connectivity index (χ0) is 18.4. The molecule has 25 heavy (non-hydrogen) atoms. The molecule has 0 aliphatic carbocycles. The Labute approximate surface area is 140 Å². The highest BCUT2D eigenvalue weighted by molar-refractivity contribution is 5.98. The molecule has 0 spiro atoms. The van der Waals surface area contributed by atoms with Crippen molar-refractivity contribution in [2.45, 2.75) is 19.5 Å². The van der Waals surface area contributed by atoms with E-state index in [9.17, 15) is 22.8 Å². The maximum atomic E-state index is 12.4.